The van der Waals surface area contributed by atoms with Crippen LogP contribution in [-0.2, 0) is 0 Å². The normalized spacial score (nSPS) is 45.8. The molecule has 0 amide bonds. The molecule has 10 unspecified atom stereocenters. The first-order valence-electron chi connectivity index (χ1n) is 21.2. The molecule has 12 saturated carbocycles. The van der Waals surface area contributed by atoms with Crippen LogP contribution in [0.5, 0.6) is 0 Å². The third kappa shape index (κ3) is 6.46. The second-order valence-corrected chi connectivity index (χ2v) is 27.1. The van der Waals surface area contributed by atoms with Crippen LogP contribution in [0.1, 0.15) is 145 Å². The van der Waals surface area contributed by atoms with Crippen LogP contribution in [0.25, 0.3) is 0 Å². The van der Waals surface area contributed by atoms with E-state index in [4.69, 9.17) is 0 Å². The molecule has 0 saturated heterocycles. The van der Waals surface area contributed by atoms with Crippen molar-refractivity contribution in [2.75, 3.05) is 37.0 Å². The minimum atomic E-state index is 0. The van der Waals surface area contributed by atoms with Crippen molar-refractivity contribution in [1.29, 1.82) is 0 Å². The van der Waals surface area contributed by atoms with Crippen molar-refractivity contribution in [2.45, 2.75) is 145 Å². The molecule has 48 heavy (non-hydrogen) atoms. The first kappa shape index (κ1) is 38.7. The molecule has 12 aliphatic carbocycles. The minimum Gasteiger partial charge on any atom is -0.106 e. The van der Waals surface area contributed by atoms with Gasteiger partial charge in [-0.1, -0.05) is 55.4 Å². The molecule has 0 spiro atoms. The van der Waals surface area contributed by atoms with E-state index in [0.717, 1.165) is 71.0 Å². The van der Waals surface area contributed by atoms with E-state index in [1.165, 1.54) is 0 Å². The lowest BCUT2D eigenvalue weighted by atomic mass is 9.46. The molecule has 0 aliphatic heterocycles. The Hall–Kier alpha value is 0.990. The van der Waals surface area contributed by atoms with E-state index >= 15 is 0 Å². The lowest BCUT2D eigenvalue weighted by Gasteiger charge is -2.62. The summed E-state index contributed by atoms with van der Waals surface area (Å²) in [6.07, 6.45) is 32.0. The quantitative estimate of drug-likeness (QED) is 0.103. The summed E-state index contributed by atoms with van der Waals surface area (Å²) in [4.78, 5) is 0. The number of hydrogen-bond donors (Lipinski definition) is 0. The highest BCUT2D eigenvalue weighted by Gasteiger charge is 2.58. The highest BCUT2D eigenvalue weighted by molar-refractivity contribution is 7.58. The number of rotatable bonds is 13. The summed E-state index contributed by atoms with van der Waals surface area (Å²) >= 11 is 0. The fraction of sp³-hybridized carbons (Fsp3) is 1.00. The van der Waals surface area contributed by atoms with Gasteiger partial charge in [-0.15, -0.1) is 15.8 Å². The van der Waals surface area contributed by atoms with Crippen LogP contribution in [-0.4, -0.2) is 53.8 Å². The van der Waals surface area contributed by atoms with Crippen LogP contribution < -0.4 is 0 Å². The summed E-state index contributed by atoms with van der Waals surface area (Å²) in [6, 6.07) is 0. The van der Waals surface area contributed by atoms with Crippen LogP contribution in [0.4, 0.5) is 0 Å². The summed E-state index contributed by atoms with van der Waals surface area (Å²) in [5.74, 6) is 12.8. The minimum absolute atomic E-state index is 0. The molecular weight excluding hydrogens is 612 g/mol. The van der Waals surface area contributed by atoms with Gasteiger partial charge in [0.05, 0.1) is 0 Å². The molecule has 8 bridgehead atoms. The van der Waals surface area contributed by atoms with Gasteiger partial charge in [-0.3, -0.25) is 0 Å². The maximum atomic E-state index is 2.65. The fourth-order valence-corrected chi connectivity index (χ4v) is 22.0. The highest BCUT2D eigenvalue weighted by Crippen LogP contribution is 2.68. The fourth-order valence-electron chi connectivity index (χ4n) is 15.2. The molecule has 12 rings (SSSR count). The summed E-state index contributed by atoms with van der Waals surface area (Å²) in [6.45, 7) is 21.2. The van der Waals surface area contributed by atoms with Gasteiger partial charge in [0.1, 0.15) is 0 Å². The van der Waals surface area contributed by atoms with Gasteiger partial charge in [-0.2, -0.15) is 0 Å². The Bertz CT molecular complexity index is 939. The van der Waals surface area contributed by atoms with Gasteiger partial charge < -0.3 is 0 Å². The molecule has 14 atom stereocenters. The van der Waals surface area contributed by atoms with Gasteiger partial charge in [0.2, 0.25) is 0 Å². The molecule has 0 heterocycles. The molecular formula is C44H76B2P2. The largest absolute Gasteiger partial charge is 0.106 e. The Morgan fingerprint density at radius 3 is 0.792 bits per heavy atom. The number of fused-ring (bicyclic) bond motifs is 8. The van der Waals surface area contributed by atoms with Crippen molar-refractivity contribution in [1.82, 2.24) is 0 Å². The summed E-state index contributed by atoms with van der Waals surface area (Å²) in [5.41, 5.74) is 2.65. The SMILES string of the molecule is CC1(C)C2CCC(CP(CCCCP(CC3CCC4CC3C4(C)C)CC3CC[C@H]4C[C@@H]3C4(C)C)CC3CC[C@H]4C[C@@H]3C4(C)C)C1C2.[B].[B]. The summed E-state index contributed by atoms with van der Waals surface area (Å²) in [5, 5.41) is 0. The van der Waals surface area contributed by atoms with Crippen LogP contribution >= 0.6 is 15.8 Å². The molecule has 4 heteroatoms. The van der Waals surface area contributed by atoms with Gasteiger partial charge in [-0.05, 0) is 220 Å². The zero-order valence-corrected chi connectivity index (χ0v) is 34.9. The Labute approximate surface area is 306 Å². The van der Waals surface area contributed by atoms with Crippen molar-refractivity contribution in [3.63, 3.8) is 0 Å². The second kappa shape index (κ2) is 14.0. The van der Waals surface area contributed by atoms with Crippen molar-refractivity contribution < 1.29 is 0 Å². The molecule has 0 N–H and O–H groups in total. The average Bonchev–Trinajstić information content (AvgIpc) is 3.02. The van der Waals surface area contributed by atoms with Crippen LogP contribution in [0.2, 0.25) is 0 Å². The summed E-state index contributed by atoms with van der Waals surface area (Å²) < 4.78 is 0. The van der Waals surface area contributed by atoms with Gasteiger partial charge in [0.25, 0.3) is 0 Å². The maximum Gasteiger partial charge on any atom is 0 e. The predicted molar refractivity (Wildman–Crippen MR) is 216 cm³/mol. The molecule has 0 aromatic heterocycles. The number of hydrogen-bond acceptors (Lipinski definition) is 0. The molecule has 268 valence electrons. The van der Waals surface area contributed by atoms with Crippen molar-refractivity contribution in [3.8, 4) is 0 Å². The zero-order valence-electron chi connectivity index (χ0n) is 33.1. The topological polar surface area (TPSA) is 0 Å². The molecule has 12 fully saturated rings. The Balaban J connectivity index is 0.00000201. The van der Waals surface area contributed by atoms with Gasteiger partial charge in [0, 0.05) is 16.8 Å². The first-order valence-corrected chi connectivity index (χ1v) is 25.0. The van der Waals surface area contributed by atoms with Gasteiger partial charge in [0.15, 0.2) is 0 Å². The third-order valence-corrected chi connectivity index (χ3v) is 25.0. The monoisotopic (exact) mass is 689 g/mol. The predicted octanol–water partition coefficient (Wildman–Crippen LogP) is 12.3. The lowest BCUT2D eigenvalue weighted by Crippen LogP contribution is -2.54. The maximum absolute atomic E-state index is 2.65. The first-order chi connectivity index (χ1) is 21.8. The van der Waals surface area contributed by atoms with Crippen LogP contribution in [0.15, 0.2) is 0 Å². The zero-order chi connectivity index (χ0) is 32.2. The van der Waals surface area contributed by atoms with Crippen LogP contribution in [0, 0.1) is 92.7 Å². The van der Waals surface area contributed by atoms with E-state index in [9.17, 15) is 0 Å². The Morgan fingerprint density at radius 1 is 0.375 bits per heavy atom. The van der Waals surface area contributed by atoms with E-state index < -0.39 is 0 Å². The van der Waals surface area contributed by atoms with Crippen molar-refractivity contribution >= 4 is 32.7 Å². The standard InChI is InChI=1S/C44H76P2.2B/c1-41(2)33-15-11-29(37(41)21-33)25-45(26-30-12-16-34-22-38(30)42(34,3)4)19-9-10-20-46(27-31-13-17-35-23-39(31)43(35,5)6)28-32-14-18-36-24-40(32)44(36,7)8;;/h29-40H,9-28H2,1-8H3;;/t29?,30?,31?,32?,33-,34?,35-,36?,37-,38?,39-,40?,45?,46?;;/m0../s1. The van der Waals surface area contributed by atoms with E-state index in [2.05, 4.69) is 55.4 Å². The molecule has 0 aromatic rings. The van der Waals surface area contributed by atoms with E-state index in [-0.39, 0.29) is 32.7 Å². The lowest BCUT2D eigenvalue weighted by molar-refractivity contribution is -0.0996. The third-order valence-electron chi connectivity index (χ3n) is 19.2. The Kier molecular flexibility index (Phi) is 11.3. The van der Waals surface area contributed by atoms with E-state index in [1.54, 1.807) is 127 Å². The van der Waals surface area contributed by atoms with Crippen LogP contribution in [0.3, 0.4) is 0 Å². The summed E-state index contributed by atoms with van der Waals surface area (Å²) in [7, 11) is 0.446. The molecule has 6 radical (unpaired) electrons. The Morgan fingerprint density at radius 2 is 0.604 bits per heavy atom. The van der Waals surface area contributed by atoms with Crippen molar-refractivity contribution in [3.05, 3.63) is 0 Å². The number of unbranched alkanes of at least 4 members (excludes halogenated alkanes) is 1. The van der Waals surface area contributed by atoms with Gasteiger partial charge in [-0.25, -0.2) is 0 Å². The molecule has 12 aliphatic rings. The smallest absolute Gasteiger partial charge is 0 e. The molecule has 0 aromatic carbocycles. The average molecular weight is 689 g/mol. The van der Waals surface area contributed by atoms with Crippen molar-refractivity contribution in [2.24, 2.45) is 92.7 Å². The highest BCUT2D eigenvalue weighted by atomic mass is 31.1. The second-order valence-electron chi connectivity index (χ2n) is 22.0. The van der Waals surface area contributed by atoms with E-state index in [0.29, 0.717) is 21.7 Å². The molecule has 0 nitrogen and oxygen atoms in total. The van der Waals surface area contributed by atoms with E-state index in [1.807, 2.05) is 0 Å². The van der Waals surface area contributed by atoms with Gasteiger partial charge >= 0.3 is 0 Å².